The third-order valence-electron chi connectivity index (χ3n) is 2.50. The normalized spacial score (nSPS) is 33.5. The fraction of sp³-hybridized carbons (Fsp3) is 0.889. The van der Waals surface area contributed by atoms with Gasteiger partial charge in [-0.1, -0.05) is 0 Å². The van der Waals surface area contributed by atoms with Gasteiger partial charge in [0.1, 0.15) is 6.10 Å². The molecular formula is C9H15NO3. The van der Waals surface area contributed by atoms with Crippen LogP contribution in [0.2, 0.25) is 0 Å². The molecule has 2 fully saturated rings. The first kappa shape index (κ1) is 8.97. The van der Waals surface area contributed by atoms with E-state index in [2.05, 4.69) is 5.32 Å². The molecule has 0 aromatic rings. The molecule has 0 radical (unpaired) electrons. The van der Waals surface area contributed by atoms with E-state index in [0.717, 1.165) is 32.5 Å². The molecule has 0 saturated carbocycles. The zero-order valence-electron chi connectivity index (χ0n) is 7.62. The molecule has 13 heavy (non-hydrogen) atoms. The Morgan fingerprint density at radius 2 is 2.23 bits per heavy atom. The summed E-state index contributed by atoms with van der Waals surface area (Å²) in [6, 6.07) is 0.205. The van der Waals surface area contributed by atoms with Gasteiger partial charge >= 0.3 is 0 Å². The summed E-state index contributed by atoms with van der Waals surface area (Å²) in [5.74, 6) is 0.0352. The molecule has 1 N–H and O–H groups in total. The maximum absolute atomic E-state index is 11.5. The number of hydrogen-bond acceptors (Lipinski definition) is 3. The quantitative estimate of drug-likeness (QED) is 0.662. The fourth-order valence-corrected chi connectivity index (χ4v) is 1.73. The summed E-state index contributed by atoms with van der Waals surface area (Å²) in [4.78, 5) is 11.5. The summed E-state index contributed by atoms with van der Waals surface area (Å²) in [7, 11) is 0. The molecule has 2 aliphatic heterocycles. The van der Waals surface area contributed by atoms with E-state index < -0.39 is 0 Å². The van der Waals surface area contributed by atoms with Crippen molar-refractivity contribution in [2.75, 3.05) is 19.8 Å². The molecule has 2 atom stereocenters. The van der Waals surface area contributed by atoms with Crippen molar-refractivity contribution in [3.63, 3.8) is 0 Å². The summed E-state index contributed by atoms with van der Waals surface area (Å²) >= 11 is 0. The summed E-state index contributed by atoms with van der Waals surface area (Å²) in [6.07, 6.45) is 2.58. The molecule has 2 rings (SSSR count). The fourth-order valence-electron chi connectivity index (χ4n) is 1.73. The van der Waals surface area contributed by atoms with E-state index in [1.54, 1.807) is 0 Å². The first-order valence-corrected chi connectivity index (χ1v) is 4.86. The highest BCUT2D eigenvalue weighted by atomic mass is 16.5. The second-order valence-electron chi connectivity index (χ2n) is 3.57. The van der Waals surface area contributed by atoms with E-state index in [4.69, 9.17) is 9.47 Å². The number of amides is 1. The van der Waals surface area contributed by atoms with Crippen molar-refractivity contribution in [2.24, 2.45) is 0 Å². The van der Waals surface area contributed by atoms with E-state index in [1.807, 2.05) is 0 Å². The van der Waals surface area contributed by atoms with Crippen LogP contribution in [0.1, 0.15) is 19.3 Å². The van der Waals surface area contributed by atoms with Crippen molar-refractivity contribution in [3.8, 4) is 0 Å². The summed E-state index contributed by atoms with van der Waals surface area (Å²) < 4.78 is 10.4. The number of carbonyl (C=O) groups excluding carboxylic acids is 1. The van der Waals surface area contributed by atoms with E-state index in [1.165, 1.54) is 0 Å². The first-order valence-electron chi connectivity index (χ1n) is 4.86. The minimum absolute atomic E-state index is 0.0352. The molecular weight excluding hydrogens is 170 g/mol. The van der Waals surface area contributed by atoms with Crippen LogP contribution >= 0.6 is 0 Å². The smallest absolute Gasteiger partial charge is 0.249 e. The highest BCUT2D eigenvalue weighted by Crippen LogP contribution is 2.13. The third-order valence-corrected chi connectivity index (χ3v) is 2.50. The molecule has 1 amide bonds. The van der Waals surface area contributed by atoms with Crippen LogP contribution in [0.25, 0.3) is 0 Å². The van der Waals surface area contributed by atoms with Crippen LogP contribution in [-0.4, -0.2) is 37.9 Å². The Labute approximate surface area is 77.6 Å². The van der Waals surface area contributed by atoms with Gasteiger partial charge in [0.2, 0.25) is 5.91 Å². The maximum atomic E-state index is 11.5. The van der Waals surface area contributed by atoms with Gasteiger partial charge in [-0.3, -0.25) is 4.79 Å². The number of ether oxygens (including phenoxy) is 2. The average molecular weight is 185 g/mol. The molecule has 0 spiro atoms. The van der Waals surface area contributed by atoms with Crippen molar-refractivity contribution < 1.29 is 14.3 Å². The first-order chi connectivity index (χ1) is 6.36. The molecule has 4 nitrogen and oxygen atoms in total. The van der Waals surface area contributed by atoms with Gasteiger partial charge in [0.25, 0.3) is 0 Å². The van der Waals surface area contributed by atoms with Crippen LogP contribution < -0.4 is 5.32 Å². The van der Waals surface area contributed by atoms with Crippen LogP contribution in [0.15, 0.2) is 0 Å². The van der Waals surface area contributed by atoms with Crippen LogP contribution in [0.4, 0.5) is 0 Å². The van der Waals surface area contributed by atoms with E-state index in [9.17, 15) is 4.79 Å². The van der Waals surface area contributed by atoms with Gasteiger partial charge < -0.3 is 14.8 Å². The molecule has 2 heterocycles. The number of nitrogens with one attached hydrogen (secondary N) is 1. The lowest BCUT2D eigenvalue weighted by Gasteiger charge is -2.14. The molecule has 2 aliphatic rings. The molecule has 2 unspecified atom stereocenters. The topological polar surface area (TPSA) is 47.6 Å². The van der Waals surface area contributed by atoms with Crippen molar-refractivity contribution in [3.05, 3.63) is 0 Å². The van der Waals surface area contributed by atoms with Crippen LogP contribution in [0, 0.1) is 0 Å². The van der Waals surface area contributed by atoms with Crippen molar-refractivity contribution >= 4 is 5.91 Å². The minimum Gasteiger partial charge on any atom is -0.379 e. The second-order valence-corrected chi connectivity index (χ2v) is 3.57. The van der Waals surface area contributed by atoms with Gasteiger partial charge in [0, 0.05) is 13.2 Å². The van der Waals surface area contributed by atoms with Gasteiger partial charge in [-0.05, 0) is 19.3 Å². The molecule has 2 saturated heterocycles. The Bertz CT molecular complexity index is 183. The predicted molar refractivity (Wildman–Crippen MR) is 46.3 cm³/mol. The Kier molecular flexibility index (Phi) is 2.80. The lowest BCUT2D eigenvalue weighted by molar-refractivity contribution is -0.130. The van der Waals surface area contributed by atoms with Gasteiger partial charge in [-0.2, -0.15) is 0 Å². The average Bonchev–Trinajstić information content (AvgIpc) is 2.74. The van der Waals surface area contributed by atoms with Gasteiger partial charge in [-0.15, -0.1) is 0 Å². The zero-order valence-corrected chi connectivity index (χ0v) is 7.62. The van der Waals surface area contributed by atoms with Crippen molar-refractivity contribution in [1.29, 1.82) is 0 Å². The van der Waals surface area contributed by atoms with Crippen LogP contribution in [0.3, 0.4) is 0 Å². The molecule has 74 valence electrons. The zero-order chi connectivity index (χ0) is 9.10. The van der Waals surface area contributed by atoms with Crippen molar-refractivity contribution in [1.82, 2.24) is 5.32 Å². The number of hydrogen-bond donors (Lipinski definition) is 1. The number of rotatable bonds is 2. The predicted octanol–water partition coefficient (Wildman–Crippen LogP) is 0.0705. The lowest BCUT2D eigenvalue weighted by Crippen LogP contribution is -2.41. The molecule has 0 aromatic heterocycles. The van der Waals surface area contributed by atoms with E-state index in [-0.39, 0.29) is 18.1 Å². The Morgan fingerprint density at radius 1 is 1.31 bits per heavy atom. The molecule has 0 aliphatic carbocycles. The summed E-state index contributed by atoms with van der Waals surface area (Å²) in [6.45, 7) is 2.13. The van der Waals surface area contributed by atoms with Gasteiger partial charge in [0.15, 0.2) is 0 Å². The Morgan fingerprint density at radius 3 is 2.85 bits per heavy atom. The molecule has 4 heteroatoms. The highest BCUT2D eigenvalue weighted by molar-refractivity contribution is 5.81. The van der Waals surface area contributed by atoms with Crippen molar-refractivity contribution in [2.45, 2.75) is 31.4 Å². The highest BCUT2D eigenvalue weighted by Gasteiger charge is 2.26. The largest absolute Gasteiger partial charge is 0.379 e. The van der Waals surface area contributed by atoms with E-state index >= 15 is 0 Å². The van der Waals surface area contributed by atoms with Gasteiger partial charge in [-0.25, -0.2) is 0 Å². The maximum Gasteiger partial charge on any atom is 0.249 e. The third kappa shape index (κ3) is 2.19. The summed E-state index contributed by atoms with van der Waals surface area (Å²) in [5.41, 5.74) is 0. The Hall–Kier alpha value is -0.610. The number of carbonyl (C=O) groups is 1. The summed E-state index contributed by atoms with van der Waals surface area (Å²) in [5, 5.41) is 2.93. The van der Waals surface area contributed by atoms with Crippen LogP contribution in [-0.2, 0) is 14.3 Å². The minimum atomic E-state index is -0.208. The SMILES string of the molecule is O=C(NC1CCOC1)C1CCCO1. The monoisotopic (exact) mass is 185 g/mol. The molecule has 0 bridgehead atoms. The van der Waals surface area contributed by atoms with Gasteiger partial charge in [0.05, 0.1) is 12.6 Å². The Balaban J connectivity index is 1.76. The standard InChI is InChI=1S/C9H15NO3/c11-9(8-2-1-4-13-8)10-7-3-5-12-6-7/h7-8H,1-6H2,(H,10,11). The van der Waals surface area contributed by atoms with E-state index in [0.29, 0.717) is 6.61 Å². The second kappa shape index (κ2) is 4.07. The molecule has 0 aromatic carbocycles. The lowest BCUT2D eigenvalue weighted by atomic mass is 10.2. The van der Waals surface area contributed by atoms with Crippen LogP contribution in [0.5, 0.6) is 0 Å².